The van der Waals surface area contributed by atoms with Gasteiger partial charge in [0, 0.05) is 0 Å². The van der Waals surface area contributed by atoms with Gasteiger partial charge in [-0.2, -0.15) is 11.8 Å². The van der Waals surface area contributed by atoms with Crippen LogP contribution in [0.3, 0.4) is 0 Å². The van der Waals surface area contributed by atoms with Gasteiger partial charge in [0.2, 0.25) is 19.2 Å². The molecular weight excluding hydrogens is 395 g/mol. The molecule has 158 valence electrons. The SMILES string of the molecule is CCC[C@H](N)C(=O)N[C@@H](CCSC)C(=O)NC(CC(=O)O)P(=O)(O)C(C)N. The molecule has 0 aromatic carbocycles. The zero-order chi connectivity index (χ0) is 21.2. The van der Waals surface area contributed by atoms with E-state index in [0.717, 1.165) is 0 Å². The third kappa shape index (κ3) is 9.07. The van der Waals surface area contributed by atoms with Crippen molar-refractivity contribution in [2.24, 2.45) is 11.5 Å². The lowest BCUT2D eigenvalue weighted by Crippen LogP contribution is -2.54. The van der Waals surface area contributed by atoms with Crippen molar-refractivity contribution in [2.75, 3.05) is 12.0 Å². The lowest BCUT2D eigenvalue weighted by atomic mass is 10.1. The fourth-order valence-corrected chi connectivity index (χ4v) is 3.98. The minimum absolute atomic E-state index is 0.255. The Morgan fingerprint density at radius 1 is 1.15 bits per heavy atom. The molecule has 0 saturated carbocycles. The molecule has 0 aliphatic heterocycles. The molecule has 0 heterocycles. The maximum absolute atomic E-state index is 12.6. The molecule has 0 aromatic heterocycles. The fourth-order valence-electron chi connectivity index (χ4n) is 2.21. The normalized spacial score (nSPS) is 17.9. The molecule has 0 aromatic rings. The first kappa shape index (κ1) is 25.9. The van der Waals surface area contributed by atoms with Gasteiger partial charge in [-0.3, -0.25) is 18.9 Å². The molecule has 0 aliphatic carbocycles. The number of rotatable bonds is 13. The molecule has 2 amide bonds. The summed E-state index contributed by atoms with van der Waals surface area (Å²) in [6.45, 7) is 3.13. The molecule has 0 spiro atoms. The van der Waals surface area contributed by atoms with Crippen molar-refractivity contribution in [3.8, 4) is 0 Å². The highest BCUT2D eigenvalue weighted by atomic mass is 32.2. The third-order valence-corrected chi connectivity index (χ3v) is 6.90. The van der Waals surface area contributed by atoms with Crippen LogP contribution >= 0.6 is 19.1 Å². The topological polar surface area (TPSA) is 185 Å². The minimum atomic E-state index is -4.19. The van der Waals surface area contributed by atoms with Crippen LogP contribution in [0.2, 0.25) is 0 Å². The zero-order valence-electron chi connectivity index (χ0n) is 15.9. The van der Waals surface area contributed by atoms with Gasteiger partial charge in [-0.05, 0) is 31.8 Å². The van der Waals surface area contributed by atoms with Crippen molar-refractivity contribution in [3.63, 3.8) is 0 Å². The average Bonchev–Trinajstić information content (AvgIpc) is 2.57. The molecule has 0 fully saturated rings. The van der Waals surface area contributed by atoms with Crippen molar-refractivity contribution < 1.29 is 28.9 Å². The van der Waals surface area contributed by atoms with E-state index in [1.165, 1.54) is 18.7 Å². The van der Waals surface area contributed by atoms with E-state index < -0.39 is 55.2 Å². The third-order valence-electron chi connectivity index (χ3n) is 3.89. The molecule has 0 bridgehead atoms. The second-order valence-corrected chi connectivity index (χ2v) is 10.0. The maximum atomic E-state index is 12.6. The van der Waals surface area contributed by atoms with E-state index >= 15 is 0 Å². The Hall–Kier alpha value is -1.13. The quantitative estimate of drug-likeness (QED) is 0.218. The maximum Gasteiger partial charge on any atom is 0.306 e. The largest absolute Gasteiger partial charge is 0.481 e. The van der Waals surface area contributed by atoms with Crippen LogP contribution in [0, 0.1) is 0 Å². The molecule has 8 N–H and O–H groups in total. The second-order valence-electron chi connectivity index (χ2n) is 6.27. The van der Waals surface area contributed by atoms with E-state index in [1.807, 2.05) is 13.2 Å². The van der Waals surface area contributed by atoms with E-state index in [2.05, 4.69) is 10.6 Å². The van der Waals surface area contributed by atoms with E-state index in [0.29, 0.717) is 18.6 Å². The summed E-state index contributed by atoms with van der Waals surface area (Å²) in [4.78, 5) is 45.8. The van der Waals surface area contributed by atoms with Crippen LogP contribution in [0.1, 0.15) is 39.5 Å². The molecule has 0 rings (SSSR count). The number of amides is 2. The van der Waals surface area contributed by atoms with E-state index in [4.69, 9.17) is 16.6 Å². The Morgan fingerprint density at radius 3 is 2.19 bits per heavy atom. The van der Waals surface area contributed by atoms with E-state index in [-0.39, 0.29) is 6.42 Å². The van der Waals surface area contributed by atoms with Crippen molar-refractivity contribution in [2.45, 2.75) is 63.2 Å². The van der Waals surface area contributed by atoms with Gasteiger partial charge in [-0.25, -0.2) is 0 Å². The standard InChI is InChI=1S/C15H31N4O6PS/c1-4-5-10(17)14(22)18-11(6-7-27-3)15(23)19-12(8-13(20)21)26(24,25)9(2)16/h9-12H,4-8,16-17H2,1-3H3,(H,18,22)(H,19,23)(H,20,21)(H,24,25)/t9?,10-,11-,12?/m0/s1. The summed E-state index contributed by atoms with van der Waals surface area (Å²) in [5, 5.41) is 13.8. The minimum Gasteiger partial charge on any atom is -0.481 e. The van der Waals surface area contributed by atoms with Gasteiger partial charge in [-0.1, -0.05) is 13.3 Å². The number of nitrogens with one attached hydrogen (secondary N) is 2. The first-order valence-electron chi connectivity index (χ1n) is 8.62. The number of nitrogens with two attached hydrogens (primary N) is 2. The van der Waals surface area contributed by atoms with Crippen molar-refractivity contribution in [1.29, 1.82) is 0 Å². The number of carbonyl (C=O) groups is 3. The fraction of sp³-hybridized carbons (Fsp3) is 0.800. The van der Waals surface area contributed by atoms with Crippen molar-refractivity contribution in [1.82, 2.24) is 10.6 Å². The number of carboxylic acid groups (broad SMARTS) is 1. The first-order valence-corrected chi connectivity index (χ1v) is 11.8. The van der Waals surface area contributed by atoms with Crippen molar-refractivity contribution >= 4 is 36.9 Å². The summed E-state index contributed by atoms with van der Waals surface area (Å²) in [6, 6.07) is -1.78. The Balaban J connectivity index is 5.34. The van der Waals surface area contributed by atoms with Crippen LogP contribution in [0.5, 0.6) is 0 Å². The predicted molar refractivity (Wildman–Crippen MR) is 105 cm³/mol. The van der Waals surface area contributed by atoms with Crippen LogP contribution in [-0.4, -0.2) is 63.4 Å². The zero-order valence-corrected chi connectivity index (χ0v) is 17.6. The van der Waals surface area contributed by atoms with Crippen LogP contribution in [0.4, 0.5) is 0 Å². The van der Waals surface area contributed by atoms with Gasteiger partial charge < -0.3 is 32.1 Å². The van der Waals surface area contributed by atoms with Gasteiger partial charge in [0.1, 0.15) is 11.8 Å². The highest BCUT2D eigenvalue weighted by Crippen LogP contribution is 2.49. The summed E-state index contributed by atoms with van der Waals surface area (Å²) < 4.78 is 12.4. The van der Waals surface area contributed by atoms with Crippen LogP contribution < -0.4 is 22.1 Å². The lowest BCUT2D eigenvalue weighted by Gasteiger charge is -2.28. The Bertz CT molecular complexity index is 562. The number of aliphatic carboxylic acids is 1. The van der Waals surface area contributed by atoms with Crippen LogP contribution in [0.25, 0.3) is 0 Å². The summed E-state index contributed by atoms with van der Waals surface area (Å²) in [7, 11) is -4.19. The van der Waals surface area contributed by atoms with Crippen LogP contribution in [-0.2, 0) is 18.9 Å². The Labute approximate surface area is 163 Å². The molecule has 10 nitrogen and oxygen atoms in total. The van der Waals surface area contributed by atoms with E-state index in [9.17, 15) is 23.8 Å². The average molecular weight is 426 g/mol. The first-order chi connectivity index (χ1) is 12.5. The number of hydrogen-bond acceptors (Lipinski definition) is 7. The number of thioether (sulfide) groups is 1. The predicted octanol–water partition coefficient (Wildman–Crippen LogP) is -0.156. The summed E-state index contributed by atoms with van der Waals surface area (Å²) >= 11 is 1.45. The van der Waals surface area contributed by atoms with Crippen molar-refractivity contribution in [3.05, 3.63) is 0 Å². The second kappa shape index (κ2) is 12.4. The lowest BCUT2D eigenvalue weighted by molar-refractivity contribution is -0.137. The molecule has 5 atom stereocenters. The van der Waals surface area contributed by atoms with Gasteiger partial charge in [0.25, 0.3) is 0 Å². The van der Waals surface area contributed by atoms with Gasteiger partial charge in [0.05, 0.1) is 18.2 Å². The van der Waals surface area contributed by atoms with Gasteiger partial charge in [-0.15, -0.1) is 0 Å². The monoisotopic (exact) mass is 426 g/mol. The number of hydrogen-bond donors (Lipinski definition) is 6. The summed E-state index contributed by atoms with van der Waals surface area (Å²) in [5.41, 5.74) is 11.2. The molecule has 0 aliphatic rings. The van der Waals surface area contributed by atoms with Crippen LogP contribution in [0.15, 0.2) is 0 Å². The molecule has 0 radical (unpaired) electrons. The van der Waals surface area contributed by atoms with E-state index in [1.54, 1.807) is 0 Å². The molecular formula is C15H31N4O6PS. The molecule has 0 saturated heterocycles. The highest BCUT2D eigenvalue weighted by Gasteiger charge is 2.38. The Kier molecular flexibility index (Phi) is 11.8. The molecule has 12 heteroatoms. The summed E-state index contributed by atoms with van der Waals surface area (Å²) in [6.07, 6.45) is 2.45. The summed E-state index contributed by atoms with van der Waals surface area (Å²) in [5.74, 6) is -4.85. The number of carbonyl (C=O) groups excluding carboxylic acids is 2. The van der Waals surface area contributed by atoms with Gasteiger partial charge >= 0.3 is 5.97 Å². The molecule has 27 heavy (non-hydrogen) atoms. The number of carboxylic acids is 1. The van der Waals surface area contributed by atoms with Gasteiger partial charge in [0.15, 0.2) is 0 Å². The smallest absolute Gasteiger partial charge is 0.306 e. The highest BCUT2D eigenvalue weighted by molar-refractivity contribution is 7.98. The Morgan fingerprint density at radius 2 is 1.74 bits per heavy atom. The molecule has 3 unspecified atom stereocenters.